The van der Waals surface area contributed by atoms with Crippen LogP contribution in [0, 0.1) is 5.82 Å². The predicted molar refractivity (Wildman–Crippen MR) is 96.4 cm³/mol. The van der Waals surface area contributed by atoms with E-state index in [1.165, 1.54) is 12.1 Å². The summed E-state index contributed by atoms with van der Waals surface area (Å²) in [6.45, 7) is 5.94. The summed E-state index contributed by atoms with van der Waals surface area (Å²) in [5.41, 5.74) is 2.64. The van der Waals surface area contributed by atoms with Gasteiger partial charge in [0.2, 0.25) is 0 Å². The number of hydrogen-bond acceptors (Lipinski definition) is 3. The van der Waals surface area contributed by atoms with Gasteiger partial charge in [0.05, 0.1) is 5.69 Å². The van der Waals surface area contributed by atoms with Crippen LogP contribution in [0.1, 0.15) is 13.8 Å². The van der Waals surface area contributed by atoms with Crippen molar-refractivity contribution >= 4 is 5.82 Å². The van der Waals surface area contributed by atoms with Crippen LogP contribution >= 0.6 is 0 Å². The maximum atomic E-state index is 13.2. The van der Waals surface area contributed by atoms with Crippen molar-refractivity contribution in [2.75, 3.05) is 18.0 Å². The van der Waals surface area contributed by atoms with E-state index in [-0.39, 0.29) is 5.82 Å². The van der Waals surface area contributed by atoms with Crippen molar-refractivity contribution in [3.63, 3.8) is 0 Å². The molecule has 0 bridgehead atoms. The summed E-state index contributed by atoms with van der Waals surface area (Å²) in [4.78, 5) is 11.6. The van der Waals surface area contributed by atoms with E-state index in [1.807, 2.05) is 36.4 Å². The van der Waals surface area contributed by atoms with Crippen molar-refractivity contribution in [1.82, 2.24) is 9.97 Å². The molecule has 122 valence electrons. The van der Waals surface area contributed by atoms with Crippen LogP contribution < -0.4 is 4.90 Å². The van der Waals surface area contributed by atoms with Crippen LogP contribution in [0.2, 0.25) is 0 Å². The zero-order valence-electron chi connectivity index (χ0n) is 13.9. The average molecular weight is 321 g/mol. The summed E-state index contributed by atoms with van der Waals surface area (Å²) in [5.74, 6) is 1.31. The molecule has 0 radical (unpaired) electrons. The highest BCUT2D eigenvalue weighted by Gasteiger charge is 2.12. The molecule has 24 heavy (non-hydrogen) atoms. The van der Waals surface area contributed by atoms with Crippen LogP contribution in [0.3, 0.4) is 0 Å². The molecular weight excluding hydrogens is 301 g/mol. The normalized spacial score (nSPS) is 10.6. The van der Waals surface area contributed by atoms with E-state index in [0.717, 1.165) is 35.7 Å². The Morgan fingerprint density at radius 3 is 2.12 bits per heavy atom. The highest BCUT2D eigenvalue weighted by molar-refractivity contribution is 5.67. The average Bonchev–Trinajstić information content (AvgIpc) is 2.64. The first kappa shape index (κ1) is 16.1. The number of benzene rings is 2. The lowest BCUT2D eigenvalue weighted by Crippen LogP contribution is -2.23. The van der Waals surface area contributed by atoms with Gasteiger partial charge in [-0.1, -0.05) is 30.3 Å². The van der Waals surface area contributed by atoms with E-state index >= 15 is 0 Å². The van der Waals surface area contributed by atoms with Crippen LogP contribution in [0.15, 0.2) is 60.7 Å². The lowest BCUT2D eigenvalue weighted by atomic mass is 10.1. The first-order chi connectivity index (χ1) is 11.7. The van der Waals surface area contributed by atoms with Crippen LogP contribution in [0.25, 0.3) is 22.6 Å². The molecule has 3 nitrogen and oxygen atoms in total. The van der Waals surface area contributed by atoms with Crippen LogP contribution in [-0.4, -0.2) is 23.1 Å². The Balaban J connectivity index is 2.14. The molecule has 1 aromatic heterocycles. The Hall–Kier alpha value is -2.75. The van der Waals surface area contributed by atoms with Gasteiger partial charge < -0.3 is 4.90 Å². The van der Waals surface area contributed by atoms with Crippen LogP contribution in [0.4, 0.5) is 10.2 Å². The van der Waals surface area contributed by atoms with Gasteiger partial charge in [0.15, 0.2) is 5.82 Å². The highest BCUT2D eigenvalue weighted by atomic mass is 19.1. The van der Waals surface area contributed by atoms with Crippen molar-refractivity contribution in [1.29, 1.82) is 0 Å². The largest absolute Gasteiger partial charge is 0.357 e. The summed E-state index contributed by atoms with van der Waals surface area (Å²) in [7, 11) is 0. The van der Waals surface area contributed by atoms with Gasteiger partial charge in [-0.15, -0.1) is 0 Å². The second-order valence-corrected chi connectivity index (χ2v) is 5.48. The Kier molecular flexibility index (Phi) is 4.85. The van der Waals surface area contributed by atoms with E-state index < -0.39 is 0 Å². The Bertz CT molecular complexity index is 797. The van der Waals surface area contributed by atoms with Gasteiger partial charge in [0.25, 0.3) is 0 Å². The molecule has 0 aliphatic rings. The SMILES string of the molecule is CCN(CC)c1cc(-c2ccc(F)cc2)nc(-c2ccccc2)n1. The summed E-state index contributed by atoms with van der Waals surface area (Å²) >= 11 is 0. The molecule has 0 amide bonds. The fraction of sp³-hybridized carbons (Fsp3) is 0.200. The second-order valence-electron chi connectivity index (χ2n) is 5.48. The zero-order valence-corrected chi connectivity index (χ0v) is 13.9. The maximum Gasteiger partial charge on any atom is 0.162 e. The second kappa shape index (κ2) is 7.21. The smallest absolute Gasteiger partial charge is 0.162 e. The summed E-state index contributed by atoms with van der Waals surface area (Å²) in [6.07, 6.45) is 0. The fourth-order valence-electron chi connectivity index (χ4n) is 2.63. The van der Waals surface area contributed by atoms with E-state index in [1.54, 1.807) is 12.1 Å². The zero-order chi connectivity index (χ0) is 16.9. The monoisotopic (exact) mass is 321 g/mol. The number of anilines is 1. The molecule has 0 aliphatic carbocycles. The van der Waals surface area contributed by atoms with Gasteiger partial charge in [-0.25, -0.2) is 14.4 Å². The fourth-order valence-corrected chi connectivity index (χ4v) is 2.63. The van der Waals surface area contributed by atoms with Gasteiger partial charge >= 0.3 is 0 Å². The molecule has 3 aromatic rings. The van der Waals surface area contributed by atoms with Crippen LogP contribution in [-0.2, 0) is 0 Å². The summed E-state index contributed by atoms with van der Waals surface area (Å²) < 4.78 is 13.2. The molecule has 3 rings (SSSR count). The molecule has 0 saturated carbocycles. The number of halogens is 1. The molecule has 4 heteroatoms. The first-order valence-corrected chi connectivity index (χ1v) is 8.16. The van der Waals surface area contributed by atoms with Crippen molar-refractivity contribution in [2.24, 2.45) is 0 Å². The van der Waals surface area contributed by atoms with Crippen molar-refractivity contribution in [3.05, 3.63) is 66.5 Å². The first-order valence-electron chi connectivity index (χ1n) is 8.16. The van der Waals surface area contributed by atoms with E-state index in [0.29, 0.717) is 5.82 Å². The number of rotatable bonds is 5. The van der Waals surface area contributed by atoms with E-state index in [4.69, 9.17) is 9.97 Å². The quantitative estimate of drug-likeness (QED) is 0.676. The minimum Gasteiger partial charge on any atom is -0.357 e. The van der Waals surface area contributed by atoms with Gasteiger partial charge in [0.1, 0.15) is 11.6 Å². The summed E-state index contributed by atoms with van der Waals surface area (Å²) in [6, 6.07) is 18.3. The van der Waals surface area contributed by atoms with Crippen molar-refractivity contribution in [3.8, 4) is 22.6 Å². The number of hydrogen-bond donors (Lipinski definition) is 0. The van der Waals surface area contributed by atoms with Gasteiger partial charge in [-0.3, -0.25) is 0 Å². The Morgan fingerprint density at radius 2 is 1.50 bits per heavy atom. The van der Waals surface area contributed by atoms with Crippen LogP contribution in [0.5, 0.6) is 0 Å². The molecule has 0 aliphatic heterocycles. The highest BCUT2D eigenvalue weighted by Crippen LogP contribution is 2.26. The van der Waals surface area contributed by atoms with Gasteiger partial charge in [0, 0.05) is 30.3 Å². The maximum absolute atomic E-state index is 13.2. The van der Waals surface area contributed by atoms with Gasteiger partial charge in [-0.2, -0.15) is 0 Å². The molecule has 0 N–H and O–H groups in total. The lowest BCUT2D eigenvalue weighted by molar-refractivity contribution is 0.628. The molecule has 0 atom stereocenters. The molecule has 0 saturated heterocycles. The van der Waals surface area contributed by atoms with Gasteiger partial charge in [-0.05, 0) is 38.1 Å². The third kappa shape index (κ3) is 3.43. The van der Waals surface area contributed by atoms with E-state index in [9.17, 15) is 4.39 Å². The molecular formula is C20H20FN3. The molecule has 1 heterocycles. The third-order valence-corrected chi connectivity index (χ3v) is 3.97. The lowest BCUT2D eigenvalue weighted by Gasteiger charge is -2.21. The molecule has 2 aromatic carbocycles. The number of nitrogens with zero attached hydrogens (tertiary/aromatic N) is 3. The molecule has 0 unspecified atom stereocenters. The predicted octanol–water partition coefficient (Wildman–Crippen LogP) is 4.80. The minimum absolute atomic E-state index is 0.250. The third-order valence-electron chi connectivity index (χ3n) is 3.97. The molecule has 0 fully saturated rings. The topological polar surface area (TPSA) is 29.0 Å². The van der Waals surface area contributed by atoms with E-state index in [2.05, 4.69) is 18.7 Å². The standard InChI is InChI=1S/C20H20FN3/c1-3-24(4-2)19-14-18(15-10-12-17(21)13-11-15)22-20(23-19)16-8-6-5-7-9-16/h5-14H,3-4H2,1-2H3. The number of aromatic nitrogens is 2. The Morgan fingerprint density at radius 1 is 0.833 bits per heavy atom. The van der Waals surface area contributed by atoms with Crippen molar-refractivity contribution < 1.29 is 4.39 Å². The Labute approximate surface area is 141 Å². The minimum atomic E-state index is -0.250. The molecule has 0 spiro atoms. The summed E-state index contributed by atoms with van der Waals surface area (Å²) in [5, 5.41) is 0. The van der Waals surface area contributed by atoms with Crippen molar-refractivity contribution in [2.45, 2.75) is 13.8 Å².